The molecule has 1 saturated carbocycles. The van der Waals surface area contributed by atoms with Crippen molar-refractivity contribution in [3.63, 3.8) is 0 Å². The molecule has 2 unspecified atom stereocenters. The molecule has 2 rings (SSSR count). The van der Waals surface area contributed by atoms with E-state index in [0.717, 1.165) is 58.3 Å². The van der Waals surface area contributed by atoms with Gasteiger partial charge in [0.2, 0.25) is 5.91 Å². The van der Waals surface area contributed by atoms with Crippen molar-refractivity contribution in [3.8, 4) is 0 Å². The highest BCUT2D eigenvalue weighted by Gasteiger charge is 2.33. The number of carbonyl (C=O) groups excluding carboxylic acids is 1. The Morgan fingerprint density at radius 1 is 1.19 bits per heavy atom. The summed E-state index contributed by atoms with van der Waals surface area (Å²) in [6.07, 6.45) is 6.13. The molecule has 21 heavy (non-hydrogen) atoms. The first-order chi connectivity index (χ1) is 10.1. The predicted octanol–water partition coefficient (Wildman–Crippen LogP) is 0.680. The fourth-order valence-electron chi connectivity index (χ4n) is 3.56. The van der Waals surface area contributed by atoms with E-state index >= 15 is 0 Å². The average Bonchev–Trinajstić information content (AvgIpc) is 2.47. The number of hydrogen-bond donors (Lipinski definition) is 2. The van der Waals surface area contributed by atoms with E-state index in [1.54, 1.807) is 0 Å². The van der Waals surface area contributed by atoms with Crippen LogP contribution in [0.3, 0.4) is 0 Å². The van der Waals surface area contributed by atoms with Gasteiger partial charge in [-0.3, -0.25) is 9.69 Å². The predicted molar refractivity (Wildman–Crippen MR) is 84.1 cm³/mol. The second-order valence-corrected chi connectivity index (χ2v) is 6.82. The van der Waals surface area contributed by atoms with E-state index in [4.69, 9.17) is 0 Å². The molecule has 5 heteroatoms. The Hall–Kier alpha value is -0.650. The molecule has 0 bridgehead atoms. The highest BCUT2D eigenvalue weighted by Crippen LogP contribution is 2.27. The molecule has 2 fully saturated rings. The number of aliphatic hydroxyl groups excluding tert-OH is 1. The number of nitrogens with one attached hydrogen (secondary N) is 1. The number of likely N-dealkylation sites (tertiary alicyclic amines) is 1. The third-order valence-corrected chi connectivity index (χ3v) is 4.92. The van der Waals surface area contributed by atoms with Crippen LogP contribution in [0, 0.1) is 5.92 Å². The Kier molecular flexibility index (Phi) is 6.45. The van der Waals surface area contributed by atoms with E-state index in [2.05, 4.69) is 15.1 Å². The molecule has 0 aromatic heterocycles. The lowest BCUT2D eigenvalue weighted by atomic mass is 9.88. The van der Waals surface area contributed by atoms with Crippen LogP contribution in [0.25, 0.3) is 0 Å². The van der Waals surface area contributed by atoms with Gasteiger partial charge in [-0.05, 0) is 52.9 Å². The lowest BCUT2D eigenvalue weighted by molar-refractivity contribution is -0.127. The van der Waals surface area contributed by atoms with Crippen LogP contribution in [0.2, 0.25) is 0 Å². The third-order valence-electron chi connectivity index (χ3n) is 4.92. The van der Waals surface area contributed by atoms with Crippen LogP contribution >= 0.6 is 0 Å². The van der Waals surface area contributed by atoms with E-state index in [-0.39, 0.29) is 17.9 Å². The normalized spacial score (nSPS) is 28.8. The average molecular weight is 297 g/mol. The lowest BCUT2D eigenvalue weighted by Crippen LogP contribution is -2.50. The summed E-state index contributed by atoms with van der Waals surface area (Å²) in [7, 11) is 4.03. The monoisotopic (exact) mass is 297 g/mol. The first kappa shape index (κ1) is 16.7. The topological polar surface area (TPSA) is 55.8 Å². The molecule has 0 aromatic carbocycles. The molecule has 2 N–H and O–H groups in total. The molecule has 1 aliphatic carbocycles. The molecule has 122 valence electrons. The number of carbonyl (C=O) groups is 1. The minimum absolute atomic E-state index is 0.157. The number of likely N-dealkylation sites (N-methyl/N-ethyl adjacent to an activating group) is 1. The van der Waals surface area contributed by atoms with E-state index in [1.165, 1.54) is 6.42 Å². The van der Waals surface area contributed by atoms with Crippen LogP contribution in [-0.2, 0) is 4.79 Å². The maximum atomic E-state index is 12.1. The fraction of sp³-hybridized carbons (Fsp3) is 0.938. The van der Waals surface area contributed by atoms with Crippen LogP contribution < -0.4 is 5.32 Å². The van der Waals surface area contributed by atoms with Gasteiger partial charge in [-0.25, -0.2) is 0 Å². The van der Waals surface area contributed by atoms with Gasteiger partial charge in [-0.2, -0.15) is 0 Å². The number of piperidine rings is 1. The summed E-state index contributed by atoms with van der Waals surface area (Å²) in [5, 5.41) is 13.2. The summed E-state index contributed by atoms with van der Waals surface area (Å²) in [5.41, 5.74) is 0. The molecular weight excluding hydrogens is 266 g/mol. The van der Waals surface area contributed by atoms with Crippen molar-refractivity contribution in [2.24, 2.45) is 5.92 Å². The van der Waals surface area contributed by atoms with Crippen molar-refractivity contribution >= 4 is 5.91 Å². The fourth-order valence-corrected chi connectivity index (χ4v) is 3.56. The van der Waals surface area contributed by atoms with Gasteiger partial charge in [0.15, 0.2) is 0 Å². The van der Waals surface area contributed by atoms with Crippen molar-refractivity contribution < 1.29 is 9.90 Å². The highest BCUT2D eigenvalue weighted by atomic mass is 16.3. The Balaban J connectivity index is 1.71. The zero-order valence-electron chi connectivity index (χ0n) is 13.6. The first-order valence-electron chi connectivity index (χ1n) is 8.42. The molecule has 0 radical (unpaired) electrons. The molecule has 1 heterocycles. The Morgan fingerprint density at radius 3 is 2.48 bits per heavy atom. The van der Waals surface area contributed by atoms with Gasteiger partial charge in [0, 0.05) is 25.0 Å². The number of aliphatic hydroxyl groups is 1. The van der Waals surface area contributed by atoms with Gasteiger partial charge in [-0.1, -0.05) is 12.8 Å². The summed E-state index contributed by atoms with van der Waals surface area (Å²) in [5.74, 6) is 0.366. The molecule has 5 nitrogen and oxygen atoms in total. The molecule has 1 saturated heterocycles. The van der Waals surface area contributed by atoms with Gasteiger partial charge in [-0.15, -0.1) is 0 Å². The maximum Gasteiger partial charge on any atom is 0.223 e. The summed E-state index contributed by atoms with van der Waals surface area (Å²) >= 11 is 0. The molecule has 2 atom stereocenters. The van der Waals surface area contributed by atoms with Gasteiger partial charge < -0.3 is 15.3 Å². The standard InChI is InChI=1S/C16H31N3O2/c1-18(2)12-9-17-16(21)13-7-10-19(11-8-13)14-5-3-4-6-15(14)20/h13-15,20H,3-12H2,1-2H3,(H,17,21). The van der Waals surface area contributed by atoms with Crippen molar-refractivity contribution in [1.82, 2.24) is 15.1 Å². The van der Waals surface area contributed by atoms with Crippen molar-refractivity contribution in [3.05, 3.63) is 0 Å². The third kappa shape index (κ3) is 4.94. The summed E-state index contributed by atoms with van der Waals surface area (Å²) in [6.45, 7) is 3.52. The summed E-state index contributed by atoms with van der Waals surface area (Å²) in [6, 6.07) is 0.330. The zero-order valence-corrected chi connectivity index (χ0v) is 13.6. The van der Waals surface area contributed by atoms with Crippen LogP contribution in [-0.4, -0.2) is 73.2 Å². The minimum atomic E-state index is -0.163. The van der Waals surface area contributed by atoms with Crippen molar-refractivity contribution in [2.75, 3.05) is 40.3 Å². The SMILES string of the molecule is CN(C)CCNC(=O)C1CCN(C2CCCCC2O)CC1. The largest absolute Gasteiger partial charge is 0.391 e. The first-order valence-corrected chi connectivity index (χ1v) is 8.42. The molecule has 1 aliphatic heterocycles. The summed E-state index contributed by atoms with van der Waals surface area (Å²) < 4.78 is 0. The Morgan fingerprint density at radius 2 is 1.86 bits per heavy atom. The van der Waals surface area contributed by atoms with E-state index in [1.807, 2.05) is 14.1 Å². The molecular formula is C16H31N3O2. The molecule has 0 aromatic rings. The second-order valence-electron chi connectivity index (χ2n) is 6.82. The number of nitrogens with zero attached hydrogens (tertiary/aromatic N) is 2. The van der Waals surface area contributed by atoms with Crippen LogP contribution in [0.1, 0.15) is 38.5 Å². The van der Waals surface area contributed by atoms with E-state index in [0.29, 0.717) is 6.04 Å². The molecule has 2 aliphatic rings. The van der Waals surface area contributed by atoms with Crippen LogP contribution in [0.5, 0.6) is 0 Å². The van der Waals surface area contributed by atoms with E-state index in [9.17, 15) is 9.90 Å². The van der Waals surface area contributed by atoms with Crippen LogP contribution in [0.4, 0.5) is 0 Å². The van der Waals surface area contributed by atoms with Crippen molar-refractivity contribution in [1.29, 1.82) is 0 Å². The van der Waals surface area contributed by atoms with Crippen LogP contribution in [0.15, 0.2) is 0 Å². The van der Waals surface area contributed by atoms with Crippen molar-refractivity contribution in [2.45, 2.75) is 50.7 Å². The minimum Gasteiger partial charge on any atom is -0.391 e. The number of hydrogen-bond acceptors (Lipinski definition) is 4. The van der Waals surface area contributed by atoms with Gasteiger partial charge in [0.05, 0.1) is 6.10 Å². The quantitative estimate of drug-likeness (QED) is 0.783. The second kappa shape index (κ2) is 8.11. The highest BCUT2D eigenvalue weighted by molar-refractivity contribution is 5.78. The Bertz CT molecular complexity index is 327. The molecule has 1 amide bonds. The molecule has 0 spiro atoms. The van der Waals surface area contributed by atoms with Gasteiger partial charge in [0.25, 0.3) is 0 Å². The maximum absolute atomic E-state index is 12.1. The number of amides is 1. The van der Waals surface area contributed by atoms with Gasteiger partial charge in [0.1, 0.15) is 0 Å². The Labute approximate surface area is 128 Å². The van der Waals surface area contributed by atoms with Gasteiger partial charge >= 0.3 is 0 Å². The smallest absolute Gasteiger partial charge is 0.223 e. The lowest BCUT2D eigenvalue weighted by Gasteiger charge is -2.41. The summed E-state index contributed by atoms with van der Waals surface area (Å²) in [4.78, 5) is 16.6. The van der Waals surface area contributed by atoms with E-state index < -0.39 is 0 Å². The number of rotatable bonds is 5. The zero-order chi connectivity index (χ0) is 15.2.